The molecule has 1 amide bonds. The lowest BCUT2D eigenvalue weighted by molar-refractivity contribution is -0.137. The fourth-order valence-electron chi connectivity index (χ4n) is 2.40. The van der Waals surface area contributed by atoms with Crippen molar-refractivity contribution in [1.29, 1.82) is 0 Å². The summed E-state index contributed by atoms with van der Waals surface area (Å²) in [5.41, 5.74) is 0.892. The second-order valence-electron chi connectivity index (χ2n) is 5.32. The number of hydrogen-bond acceptors (Lipinski definition) is 2. The maximum Gasteiger partial charge on any atom is 0.416 e. The van der Waals surface area contributed by atoms with Gasteiger partial charge in [0, 0.05) is 0 Å². The Bertz CT molecular complexity index is 839. The Balaban J connectivity index is 1.95. The van der Waals surface area contributed by atoms with Gasteiger partial charge in [0.2, 0.25) is 0 Å². The zero-order valence-corrected chi connectivity index (χ0v) is 12.7. The van der Waals surface area contributed by atoms with E-state index in [-0.39, 0.29) is 11.5 Å². The number of carbonyl (C=O) groups is 1. The molecule has 0 unspecified atom stereocenters. The van der Waals surface area contributed by atoms with Crippen molar-refractivity contribution in [3.8, 4) is 0 Å². The average Bonchev–Trinajstić information content (AvgIpc) is 2.83. The van der Waals surface area contributed by atoms with E-state index in [0.717, 1.165) is 12.1 Å². The van der Waals surface area contributed by atoms with E-state index in [0.29, 0.717) is 17.0 Å². The summed E-state index contributed by atoms with van der Waals surface area (Å²) in [6.07, 6.45) is -2.99. The number of hydrazone groups is 1. The second-order valence-corrected chi connectivity index (χ2v) is 5.32. The molecule has 0 N–H and O–H groups in total. The van der Waals surface area contributed by atoms with Gasteiger partial charge in [-0.15, -0.1) is 0 Å². The van der Waals surface area contributed by atoms with Crippen molar-refractivity contribution >= 4 is 23.4 Å². The van der Waals surface area contributed by atoms with Crippen molar-refractivity contribution in [2.24, 2.45) is 5.10 Å². The first-order valence-electron chi connectivity index (χ1n) is 7.20. The molecule has 24 heavy (non-hydrogen) atoms. The Morgan fingerprint density at radius 1 is 1.04 bits per heavy atom. The van der Waals surface area contributed by atoms with Gasteiger partial charge < -0.3 is 0 Å². The molecule has 6 heteroatoms. The molecular weight excluding hydrogens is 317 g/mol. The lowest BCUT2D eigenvalue weighted by Crippen LogP contribution is -2.21. The van der Waals surface area contributed by atoms with Gasteiger partial charge in [-0.1, -0.05) is 30.3 Å². The topological polar surface area (TPSA) is 32.7 Å². The minimum Gasteiger partial charge on any atom is -0.267 e. The van der Waals surface area contributed by atoms with Gasteiger partial charge in [0.05, 0.1) is 22.5 Å². The van der Waals surface area contributed by atoms with E-state index in [1.54, 1.807) is 31.2 Å². The van der Waals surface area contributed by atoms with Gasteiger partial charge in [-0.2, -0.15) is 23.3 Å². The quantitative estimate of drug-likeness (QED) is 0.746. The molecule has 2 aromatic carbocycles. The first kappa shape index (κ1) is 16.0. The molecule has 1 aliphatic heterocycles. The van der Waals surface area contributed by atoms with Crippen molar-refractivity contribution in [3.63, 3.8) is 0 Å². The summed E-state index contributed by atoms with van der Waals surface area (Å²) >= 11 is 0. The van der Waals surface area contributed by atoms with Crippen LogP contribution in [-0.2, 0) is 11.0 Å². The molecule has 122 valence electrons. The fraction of sp³-hybridized carbons (Fsp3) is 0.111. The molecule has 0 aliphatic carbocycles. The fourth-order valence-corrected chi connectivity index (χ4v) is 2.40. The van der Waals surface area contributed by atoms with Crippen LogP contribution in [0.2, 0.25) is 0 Å². The van der Waals surface area contributed by atoms with Gasteiger partial charge in [0.1, 0.15) is 0 Å². The third-order valence-corrected chi connectivity index (χ3v) is 3.59. The predicted molar refractivity (Wildman–Crippen MR) is 86.5 cm³/mol. The summed E-state index contributed by atoms with van der Waals surface area (Å²) in [5.74, 6) is -0.365. The SMILES string of the molecule is CC1=NN(c2ccccc2)C(=O)/C1=C\c1cccc(C(F)(F)F)c1. The lowest BCUT2D eigenvalue weighted by atomic mass is 10.0. The smallest absolute Gasteiger partial charge is 0.267 e. The molecule has 3 rings (SSSR count). The number of para-hydroxylation sites is 1. The van der Waals surface area contributed by atoms with Crippen molar-refractivity contribution < 1.29 is 18.0 Å². The largest absolute Gasteiger partial charge is 0.416 e. The highest BCUT2D eigenvalue weighted by Crippen LogP contribution is 2.30. The first-order valence-corrected chi connectivity index (χ1v) is 7.20. The van der Waals surface area contributed by atoms with Gasteiger partial charge in [0.15, 0.2) is 0 Å². The van der Waals surface area contributed by atoms with E-state index in [2.05, 4.69) is 5.10 Å². The molecule has 2 aromatic rings. The van der Waals surface area contributed by atoms with E-state index in [1.807, 2.05) is 6.07 Å². The van der Waals surface area contributed by atoms with Crippen LogP contribution in [-0.4, -0.2) is 11.6 Å². The predicted octanol–water partition coefficient (Wildman–Crippen LogP) is 4.51. The Kier molecular flexibility index (Phi) is 3.97. The maximum atomic E-state index is 12.8. The highest BCUT2D eigenvalue weighted by Gasteiger charge is 2.31. The molecule has 0 fully saturated rings. The van der Waals surface area contributed by atoms with Crippen molar-refractivity contribution in [2.75, 3.05) is 5.01 Å². The Hall–Kier alpha value is -2.89. The van der Waals surface area contributed by atoms with Crippen LogP contribution in [0, 0.1) is 0 Å². The van der Waals surface area contributed by atoms with Gasteiger partial charge in [-0.05, 0) is 42.8 Å². The van der Waals surface area contributed by atoms with E-state index >= 15 is 0 Å². The minimum absolute atomic E-state index is 0.276. The lowest BCUT2D eigenvalue weighted by Gasteiger charge is -2.11. The third-order valence-electron chi connectivity index (χ3n) is 3.59. The summed E-state index contributed by atoms with van der Waals surface area (Å²) in [7, 11) is 0. The number of carbonyl (C=O) groups excluding carboxylic acids is 1. The number of anilines is 1. The molecule has 0 saturated heterocycles. The monoisotopic (exact) mass is 330 g/mol. The van der Waals surface area contributed by atoms with E-state index in [4.69, 9.17) is 0 Å². The third kappa shape index (κ3) is 3.08. The van der Waals surface area contributed by atoms with Gasteiger partial charge >= 0.3 is 6.18 Å². The van der Waals surface area contributed by atoms with Gasteiger partial charge in [-0.25, -0.2) is 0 Å². The number of hydrogen-bond donors (Lipinski definition) is 0. The van der Waals surface area contributed by atoms with E-state index < -0.39 is 11.7 Å². The zero-order valence-electron chi connectivity index (χ0n) is 12.7. The van der Waals surface area contributed by atoms with Crippen LogP contribution in [0.25, 0.3) is 6.08 Å². The molecule has 0 bridgehead atoms. The molecule has 3 nitrogen and oxygen atoms in total. The number of alkyl halides is 3. The average molecular weight is 330 g/mol. The molecule has 0 aromatic heterocycles. The van der Waals surface area contributed by atoms with Crippen molar-refractivity contribution in [1.82, 2.24) is 0 Å². The van der Waals surface area contributed by atoms with Crippen LogP contribution in [0.5, 0.6) is 0 Å². The summed E-state index contributed by atoms with van der Waals surface area (Å²) in [5, 5.41) is 5.44. The summed E-state index contributed by atoms with van der Waals surface area (Å²) < 4.78 is 38.4. The van der Waals surface area contributed by atoms with Crippen LogP contribution < -0.4 is 5.01 Å². The second kappa shape index (κ2) is 5.96. The maximum absolute atomic E-state index is 12.8. The molecule has 1 heterocycles. The normalized spacial score (nSPS) is 16.7. The van der Waals surface area contributed by atoms with Crippen LogP contribution in [0.1, 0.15) is 18.1 Å². The zero-order chi connectivity index (χ0) is 17.3. The van der Waals surface area contributed by atoms with Gasteiger partial charge in [-0.3, -0.25) is 4.79 Å². The standard InChI is InChI=1S/C18H13F3N2O/c1-12-16(11-13-6-5-7-14(10-13)18(19,20)21)17(24)23(22-12)15-8-3-2-4-9-15/h2-11H,1H3/b16-11-. The molecule has 0 saturated carbocycles. The molecular formula is C18H13F3N2O. The number of benzene rings is 2. The molecule has 0 atom stereocenters. The highest BCUT2D eigenvalue weighted by atomic mass is 19.4. The first-order chi connectivity index (χ1) is 11.4. The minimum atomic E-state index is -4.42. The van der Waals surface area contributed by atoms with E-state index in [9.17, 15) is 18.0 Å². The van der Waals surface area contributed by atoms with Crippen LogP contribution >= 0.6 is 0 Å². The number of rotatable bonds is 2. The molecule has 1 aliphatic rings. The summed E-state index contributed by atoms with van der Waals surface area (Å²) in [6.45, 7) is 1.65. The van der Waals surface area contributed by atoms with Crippen LogP contribution in [0.3, 0.4) is 0 Å². The van der Waals surface area contributed by atoms with E-state index in [1.165, 1.54) is 23.2 Å². The Labute approximate surface area is 136 Å². The number of nitrogens with zero attached hydrogens (tertiary/aromatic N) is 2. The van der Waals surface area contributed by atoms with Crippen LogP contribution in [0.15, 0.2) is 65.3 Å². The van der Waals surface area contributed by atoms with Gasteiger partial charge in [0.25, 0.3) is 5.91 Å². The van der Waals surface area contributed by atoms with Crippen molar-refractivity contribution in [3.05, 3.63) is 71.3 Å². The number of halogens is 3. The Morgan fingerprint density at radius 2 is 1.75 bits per heavy atom. The summed E-state index contributed by atoms with van der Waals surface area (Å²) in [6, 6.07) is 13.7. The Morgan fingerprint density at radius 3 is 2.42 bits per heavy atom. The molecule has 0 radical (unpaired) electrons. The van der Waals surface area contributed by atoms with Crippen LogP contribution in [0.4, 0.5) is 18.9 Å². The highest BCUT2D eigenvalue weighted by molar-refractivity contribution is 6.32. The number of amides is 1. The molecule has 0 spiro atoms. The summed E-state index contributed by atoms with van der Waals surface area (Å²) in [4.78, 5) is 12.5. The van der Waals surface area contributed by atoms with Crippen molar-refractivity contribution in [2.45, 2.75) is 13.1 Å².